The quantitative estimate of drug-likeness (QED) is 0.627. The number of para-hydroxylation sites is 1. The average molecular weight is 322 g/mol. The van der Waals surface area contributed by atoms with Crippen molar-refractivity contribution < 1.29 is 9.47 Å². The predicted molar refractivity (Wildman–Crippen MR) is 62.3 cm³/mol. The highest BCUT2D eigenvalue weighted by Crippen LogP contribution is 2.35. The second-order valence-corrected chi connectivity index (χ2v) is 6.16. The first kappa shape index (κ1) is 10.5. The summed E-state index contributed by atoms with van der Waals surface area (Å²) < 4.78 is 10.9. The van der Waals surface area contributed by atoms with Gasteiger partial charge in [0.1, 0.15) is 18.5 Å². The van der Waals surface area contributed by atoms with Crippen LogP contribution in [0.1, 0.15) is 9.30 Å². The Balaban J connectivity index is 2.05. The molecule has 0 unspecified atom stereocenters. The van der Waals surface area contributed by atoms with Crippen molar-refractivity contribution in [3.05, 3.63) is 29.8 Å². The van der Waals surface area contributed by atoms with E-state index in [1.54, 1.807) is 0 Å². The molecule has 0 amide bonds. The number of epoxide rings is 1. The van der Waals surface area contributed by atoms with E-state index in [0.29, 0.717) is 12.7 Å². The van der Waals surface area contributed by atoms with Gasteiger partial charge in [0, 0.05) is 5.56 Å². The minimum atomic E-state index is 0.131. The maximum Gasteiger partial charge on any atom is 0.124 e. The third-order valence-corrected chi connectivity index (χ3v) is 2.97. The first-order valence-electron chi connectivity index (χ1n) is 4.39. The second-order valence-electron chi connectivity index (χ2n) is 3.10. The van der Waals surface area contributed by atoms with E-state index < -0.39 is 0 Å². The molecule has 1 atom stereocenters. The molecule has 4 heteroatoms. The summed E-state index contributed by atoms with van der Waals surface area (Å²) in [5, 5.41) is 0. The molecule has 0 spiro atoms. The van der Waals surface area contributed by atoms with Crippen molar-refractivity contribution in [1.29, 1.82) is 0 Å². The van der Waals surface area contributed by atoms with E-state index in [4.69, 9.17) is 9.47 Å². The van der Waals surface area contributed by atoms with Gasteiger partial charge in [-0.2, -0.15) is 0 Å². The van der Waals surface area contributed by atoms with Crippen LogP contribution in [-0.2, 0) is 4.74 Å². The van der Waals surface area contributed by atoms with Crippen molar-refractivity contribution in [1.82, 2.24) is 0 Å². The predicted octanol–water partition coefficient (Wildman–Crippen LogP) is 3.25. The molecule has 2 rings (SSSR count). The Bertz CT molecular complexity index is 311. The van der Waals surface area contributed by atoms with Crippen LogP contribution in [0.2, 0.25) is 0 Å². The van der Waals surface area contributed by atoms with Crippen LogP contribution in [0.15, 0.2) is 24.3 Å². The maximum atomic E-state index is 5.64. The third kappa shape index (κ3) is 2.72. The Labute approximate surface area is 99.8 Å². The van der Waals surface area contributed by atoms with Crippen LogP contribution in [0.25, 0.3) is 0 Å². The molecule has 0 N–H and O–H groups in total. The summed E-state index contributed by atoms with van der Waals surface area (Å²) in [6, 6.07) is 7.95. The lowest BCUT2D eigenvalue weighted by atomic mass is 10.2. The van der Waals surface area contributed by atoms with Gasteiger partial charge in [-0.1, -0.05) is 50.1 Å². The number of hydrogen-bond donors (Lipinski definition) is 0. The van der Waals surface area contributed by atoms with Crippen molar-refractivity contribution in [2.24, 2.45) is 0 Å². The minimum Gasteiger partial charge on any atom is -0.490 e. The van der Waals surface area contributed by atoms with E-state index in [-0.39, 0.29) is 3.74 Å². The molecule has 0 aromatic heterocycles. The molecule has 0 saturated carbocycles. The largest absolute Gasteiger partial charge is 0.490 e. The van der Waals surface area contributed by atoms with E-state index in [0.717, 1.165) is 17.9 Å². The van der Waals surface area contributed by atoms with Crippen LogP contribution < -0.4 is 4.74 Å². The van der Waals surface area contributed by atoms with E-state index in [2.05, 4.69) is 31.9 Å². The van der Waals surface area contributed by atoms with Crippen molar-refractivity contribution in [3.63, 3.8) is 0 Å². The molecule has 1 fully saturated rings. The zero-order chi connectivity index (χ0) is 9.97. The van der Waals surface area contributed by atoms with Gasteiger partial charge in [0.05, 0.1) is 10.3 Å². The third-order valence-electron chi connectivity index (χ3n) is 1.98. The van der Waals surface area contributed by atoms with E-state index >= 15 is 0 Å². The summed E-state index contributed by atoms with van der Waals surface area (Å²) >= 11 is 6.92. The summed E-state index contributed by atoms with van der Waals surface area (Å²) in [6.45, 7) is 1.47. The van der Waals surface area contributed by atoms with Crippen molar-refractivity contribution in [2.45, 2.75) is 9.84 Å². The van der Waals surface area contributed by atoms with Gasteiger partial charge in [0.2, 0.25) is 0 Å². The van der Waals surface area contributed by atoms with Crippen LogP contribution in [0.5, 0.6) is 5.75 Å². The highest BCUT2D eigenvalue weighted by molar-refractivity contribution is 9.24. The standard InChI is InChI=1S/C10H10Br2O2/c11-10(12)8-3-1-2-4-9(8)14-6-7-5-13-7/h1-4,7,10H,5-6H2/t7-/m0/s1. The molecule has 0 radical (unpaired) electrons. The summed E-state index contributed by atoms with van der Waals surface area (Å²) in [4.78, 5) is 0. The Hall–Kier alpha value is -0.0600. The minimum absolute atomic E-state index is 0.131. The van der Waals surface area contributed by atoms with Gasteiger partial charge in [0.25, 0.3) is 0 Å². The van der Waals surface area contributed by atoms with Gasteiger partial charge in [-0.3, -0.25) is 0 Å². The number of halogens is 2. The zero-order valence-corrected chi connectivity index (χ0v) is 10.6. The molecule has 2 nitrogen and oxygen atoms in total. The van der Waals surface area contributed by atoms with E-state index in [1.807, 2.05) is 24.3 Å². The molecule has 1 aromatic carbocycles. The lowest BCUT2D eigenvalue weighted by Gasteiger charge is -2.10. The normalized spacial score (nSPS) is 19.8. The zero-order valence-electron chi connectivity index (χ0n) is 7.45. The molecule has 1 heterocycles. The highest BCUT2D eigenvalue weighted by atomic mass is 79.9. The molecule has 1 saturated heterocycles. The van der Waals surface area contributed by atoms with Gasteiger partial charge in [-0.25, -0.2) is 0 Å². The van der Waals surface area contributed by atoms with Crippen LogP contribution >= 0.6 is 31.9 Å². The smallest absolute Gasteiger partial charge is 0.124 e. The van der Waals surface area contributed by atoms with Crippen LogP contribution in [0, 0.1) is 0 Å². The first-order chi connectivity index (χ1) is 6.77. The van der Waals surface area contributed by atoms with E-state index in [1.165, 1.54) is 0 Å². The van der Waals surface area contributed by atoms with Gasteiger partial charge in [0.15, 0.2) is 0 Å². The Morgan fingerprint density at radius 3 is 2.79 bits per heavy atom. The summed E-state index contributed by atoms with van der Waals surface area (Å²) in [6.07, 6.45) is 0.298. The Morgan fingerprint density at radius 1 is 1.43 bits per heavy atom. The SMILES string of the molecule is BrC(Br)c1ccccc1OC[C@@H]1CO1. The Kier molecular flexibility index (Phi) is 3.47. The second kappa shape index (κ2) is 4.64. The number of benzene rings is 1. The van der Waals surface area contributed by atoms with Gasteiger partial charge in [-0.15, -0.1) is 0 Å². The number of alkyl halides is 2. The van der Waals surface area contributed by atoms with Crippen LogP contribution in [0.3, 0.4) is 0 Å². The van der Waals surface area contributed by atoms with Gasteiger partial charge in [-0.05, 0) is 6.07 Å². The number of rotatable bonds is 4. The highest BCUT2D eigenvalue weighted by Gasteiger charge is 2.23. The van der Waals surface area contributed by atoms with Crippen LogP contribution in [0.4, 0.5) is 0 Å². The van der Waals surface area contributed by atoms with E-state index in [9.17, 15) is 0 Å². The molecular formula is C10H10Br2O2. The molecule has 14 heavy (non-hydrogen) atoms. The van der Waals surface area contributed by atoms with Gasteiger partial charge < -0.3 is 9.47 Å². The molecule has 1 aliphatic rings. The fraction of sp³-hybridized carbons (Fsp3) is 0.400. The lowest BCUT2D eigenvalue weighted by molar-refractivity contribution is 0.261. The summed E-state index contributed by atoms with van der Waals surface area (Å²) in [7, 11) is 0. The topological polar surface area (TPSA) is 21.8 Å². The van der Waals surface area contributed by atoms with Crippen molar-refractivity contribution in [2.75, 3.05) is 13.2 Å². The molecule has 1 aliphatic heterocycles. The maximum absolute atomic E-state index is 5.64. The first-order valence-corrected chi connectivity index (χ1v) is 6.22. The Morgan fingerprint density at radius 2 is 2.14 bits per heavy atom. The van der Waals surface area contributed by atoms with Crippen LogP contribution in [-0.4, -0.2) is 19.3 Å². The molecule has 76 valence electrons. The average Bonchev–Trinajstić information content (AvgIpc) is 2.98. The molecule has 0 aliphatic carbocycles. The fourth-order valence-electron chi connectivity index (χ4n) is 1.14. The van der Waals surface area contributed by atoms with Crippen molar-refractivity contribution >= 4 is 31.9 Å². The monoisotopic (exact) mass is 320 g/mol. The number of ether oxygens (including phenoxy) is 2. The lowest BCUT2D eigenvalue weighted by Crippen LogP contribution is -2.05. The van der Waals surface area contributed by atoms with Crippen molar-refractivity contribution in [3.8, 4) is 5.75 Å². The molecule has 1 aromatic rings. The fourth-order valence-corrected chi connectivity index (χ4v) is 1.90. The van der Waals surface area contributed by atoms with Gasteiger partial charge >= 0.3 is 0 Å². The summed E-state index contributed by atoms with van der Waals surface area (Å²) in [5.41, 5.74) is 1.10. The molecule has 0 bridgehead atoms. The summed E-state index contributed by atoms with van der Waals surface area (Å²) in [5.74, 6) is 0.904. The molecular weight excluding hydrogens is 312 g/mol. The number of hydrogen-bond acceptors (Lipinski definition) is 2.